The van der Waals surface area contributed by atoms with E-state index in [0.717, 1.165) is 86.6 Å². The molecule has 284 valence electrons. The number of hydrogen-bond donors (Lipinski definition) is 4. The highest BCUT2D eigenvalue weighted by atomic mass is 16.5. The van der Waals surface area contributed by atoms with E-state index in [0.29, 0.717) is 24.4 Å². The van der Waals surface area contributed by atoms with Gasteiger partial charge < -0.3 is 25.6 Å². The fourth-order valence-electron chi connectivity index (χ4n) is 9.35. The highest BCUT2D eigenvalue weighted by Gasteiger charge is 2.43. The Kier molecular flexibility index (Phi) is 12.4. The first-order valence-electron chi connectivity index (χ1n) is 20.0. The third kappa shape index (κ3) is 8.89. The maximum Gasteiger partial charge on any atom is 0.316 e. The third-order valence-corrected chi connectivity index (χ3v) is 12.3. The van der Waals surface area contributed by atoms with Crippen molar-refractivity contribution in [2.24, 2.45) is 5.92 Å². The summed E-state index contributed by atoms with van der Waals surface area (Å²) in [4.78, 5) is 29.4. The molecule has 7 rings (SSSR count). The lowest BCUT2D eigenvalue weighted by Crippen LogP contribution is -2.56. The van der Waals surface area contributed by atoms with Crippen LogP contribution in [0.5, 0.6) is 0 Å². The molecule has 4 aromatic rings. The van der Waals surface area contributed by atoms with Crippen molar-refractivity contribution in [3.05, 3.63) is 144 Å². The van der Waals surface area contributed by atoms with Gasteiger partial charge in [-0.05, 0) is 86.1 Å². The van der Waals surface area contributed by atoms with Gasteiger partial charge >= 0.3 is 12.0 Å². The van der Waals surface area contributed by atoms with Gasteiger partial charge in [0.2, 0.25) is 0 Å². The lowest BCUT2D eigenvalue weighted by molar-refractivity contribution is -0.155. The molecule has 2 saturated heterocycles. The van der Waals surface area contributed by atoms with Crippen LogP contribution < -0.4 is 10.6 Å². The van der Waals surface area contributed by atoms with Gasteiger partial charge in [-0.3, -0.25) is 9.69 Å². The molecule has 2 heterocycles. The molecule has 2 amide bonds. The largest absolute Gasteiger partial charge is 0.462 e. The van der Waals surface area contributed by atoms with Crippen molar-refractivity contribution in [1.82, 2.24) is 15.5 Å². The summed E-state index contributed by atoms with van der Waals surface area (Å²) in [5.74, 6) is -0.347. The average molecular weight is 730 g/mol. The lowest BCUT2D eigenvalue weighted by atomic mass is 9.77. The monoisotopic (exact) mass is 729 g/mol. The first kappa shape index (κ1) is 37.8. The van der Waals surface area contributed by atoms with E-state index in [1.165, 1.54) is 0 Å². The molecule has 8 nitrogen and oxygen atoms in total. The number of nitrogens with one attached hydrogen (secondary N) is 2. The number of rotatable bonds is 14. The summed E-state index contributed by atoms with van der Waals surface area (Å²) in [6.45, 7) is 0.804. The van der Waals surface area contributed by atoms with Crippen LogP contribution in [0.4, 0.5) is 4.79 Å². The van der Waals surface area contributed by atoms with Crippen molar-refractivity contribution in [1.29, 1.82) is 0 Å². The first-order valence-corrected chi connectivity index (χ1v) is 20.0. The minimum absolute atomic E-state index is 0.0837. The number of ether oxygens (including phenoxy) is 1. The standard InChI is InChI=1S/C46H55N3O5/c50-32-42(35-15-7-2-8-16-35)44(51)54-41-30-39-25-26-40(31-41)49(39)28-27-33-21-23-38(24-22-33)47-45(52)48-43(29-34-13-5-1-6-14-34)46(53,36-17-9-3-10-18-36)37-19-11-4-12-20-37/h1-20,33,38-43,50,53H,21-32H2,(H2,47,48,52)/t33-,38-,39-,40+,41?,42?,43-/m1/s1. The molecule has 2 unspecified atom stereocenters. The molecule has 3 fully saturated rings. The highest BCUT2D eigenvalue weighted by molar-refractivity contribution is 5.78. The number of aliphatic hydroxyl groups is 2. The van der Waals surface area contributed by atoms with Crippen LogP contribution in [-0.2, 0) is 21.6 Å². The molecule has 8 heteroatoms. The molecule has 3 aliphatic rings. The molecule has 2 bridgehead atoms. The van der Waals surface area contributed by atoms with E-state index in [1.54, 1.807) is 0 Å². The molecule has 1 saturated carbocycles. The zero-order valence-corrected chi connectivity index (χ0v) is 31.1. The maximum atomic E-state index is 13.8. The van der Waals surface area contributed by atoms with E-state index in [2.05, 4.69) is 15.5 Å². The van der Waals surface area contributed by atoms with Crippen LogP contribution in [0.1, 0.15) is 86.0 Å². The average Bonchev–Trinajstić information content (AvgIpc) is 3.45. The summed E-state index contributed by atoms with van der Waals surface area (Å²) in [5.41, 5.74) is 1.84. The fourth-order valence-corrected chi connectivity index (χ4v) is 9.35. The molecule has 0 aromatic heterocycles. The fraction of sp³-hybridized carbons (Fsp3) is 0.435. The van der Waals surface area contributed by atoms with Crippen LogP contribution in [0.2, 0.25) is 0 Å². The van der Waals surface area contributed by atoms with Crippen LogP contribution in [-0.4, -0.2) is 70.5 Å². The predicted octanol–water partition coefficient (Wildman–Crippen LogP) is 7.10. The number of carbonyl (C=O) groups excluding carboxylic acids is 2. The number of benzene rings is 4. The van der Waals surface area contributed by atoms with Crippen molar-refractivity contribution in [3.8, 4) is 0 Å². The van der Waals surface area contributed by atoms with Crippen LogP contribution in [0.3, 0.4) is 0 Å². The van der Waals surface area contributed by atoms with Gasteiger partial charge in [0.1, 0.15) is 17.6 Å². The van der Waals surface area contributed by atoms with Crippen molar-refractivity contribution in [2.45, 2.75) is 106 Å². The van der Waals surface area contributed by atoms with Crippen LogP contribution in [0, 0.1) is 5.92 Å². The summed E-state index contributed by atoms with van der Waals surface area (Å²) >= 11 is 0. The van der Waals surface area contributed by atoms with Crippen molar-refractivity contribution < 1.29 is 24.5 Å². The van der Waals surface area contributed by atoms with Gasteiger partial charge in [-0.1, -0.05) is 121 Å². The summed E-state index contributed by atoms with van der Waals surface area (Å²) in [6.07, 6.45) is 9.50. The number of nitrogens with zero attached hydrogens (tertiary/aromatic N) is 1. The number of urea groups is 1. The van der Waals surface area contributed by atoms with E-state index in [4.69, 9.17) is 4.74 Å². The van der Waals surface area contributed by atoms with E-state index >= 15 is 0 Å². The molecular weight excluding hydrogens is 675 g/mol. The lowest BCUT2D eigenvalue weighted by Gasteiger charge is -2.40. The topological polar surface area (TPSA) is 111 Å². The van der Waals surface area contributed by atoms with Gasteiger partial charge in [-0.15, -0.1) is 0 Å². The van der Waals surface area contributed by atoms with Crippen LogP contribution >= 0.6 is 0 Å². The zero-order chi connectivity index (χ0) is 37.3. The zero-order valence-electron chi connectivity index (χ0n) is 31.1. The Labute approximate surface area is 319 Å². The van der Waals surface area contributed by atoms with Crippen molar-refractivity contribution in [3.63, 3.8) is 0 Å². The second kappa shape index (κ2) is 17.8. The Hall–Kier alpha value is -4.50. The van der Waals surface area contributed by atoms with Gasteiger partial charge in [0.15, 0.2) is 0 Å². The summed E-state index contributed by atoms with van der Waals surface area (Å²) < 4.78 is 6.00. The number of fused-ring (bicyclic) bond motifs is 2. The molecule has 5 atom stereocenters. The van der Waals surface area contributed by atoms with Gasteiger partial charge in [-0.2, -0.15) is 0 Å². The summed E-state index contributed by atoms with van der Waals surface area (Å²) in [7, 11) is 0. The number of carbonyl (C=O) groups is 2. The highest BCUT2D eigenvalue weighted by Crippen LogP contribution is 2.39. The van der Waals surface area contributed by atoms with Crippen molar-refractivity contribution in [2.75, 3.05) is 13.2 Å². The molecule has 4 N–H and O–H groups in total. The Morgan fingerprint density at radius 3 is 1.83 bits per heavy atom. The molecule has 2 aliphatic heterocycles. The predicted molar refractivity (Wildman–Crippen MR) is 211 cm³/mol. The third-order valence-electron chi connectivity index (χ3n) is 12.3. The van der Waals surface area contributed by atoms with Gasteiger partial charge in [0, 0.05) is 31.0 Å². The SMILES string of the molecule is O=C(N[C@H](Cc1ccccc1)C(O)(c1ccccc1)c1ccccc1)N[C@H]1CC[C@H](CCN2[C@@H]3CC[C@H]2CC(OC(=O)C(CO)c2ccccc2)C3)CC1. The molecule has 54 heavy (non-hydrogen) atoms. The van der Waals surface area contributed by atoms with Gasteiger partial charge in [-0.25, -0.2) is 4.79 Å². The second-order valence-electron chi connectivity index (χ2n) is 15.7. The summed E-state index contributed by atoms with van der Waals surface area (Å²) in [6, 6.07) is 38.8. The Morgan fingerprint density at radius 1 is 0.741 bits per heavy atom. The molecule has 1 aliphatic carbocycles. The number of esters is 1. The Morgan fingerprint density at radius 2 is 1.28 bits per heavy atom. The minimum atomic E-state index is -1.45. The van der Waals surface area contributed by atoms with Crippen molar-refractivity contribution >= 4 is 12.0 Å². The molecule has 0 spiro atoms. The number of amides is 2. The van der Waals surface area contributed by atoms with E-state index in [-0.39, 0.29) is 30.8 Å². The smallest absolute Gasteiger partial charge is 0.316 e. The second-order valence-corrected chi connectivity index (χ2v) is 15.7. The first-order chi connectivity index (χ1) is 26.4. The van der Waals surface area contributed by atoms with Gasteiger partial charge in [0.25, 0.3) is 0 Å². The Bertz CT molecular complexity index is 1710. The molecular formula is C46H55N3O5. The quantitative estimate of drug-likeness (QED) is 0.103. The molecule has 0 radical (unpaired) electrons. The number of aliphatic hydroxyl groups excluding tert-OH is 1. The maximum absolute atomic E-state index is 13.8. The number of piperidine rings is 1. The van der Waals surface area contributed by atoms with E-state index in [9.17, 15) is 19.8 Å². The molecule has 4 aromatic carbocycles. The van der Waals surface area contributed by atoms with Crippen LogP contribution in [0.15, 0.2) is 121 Å². The summed E-state index contributed by atoms with van der Waals surface area (Å²) in [5, 5.41) is 29.1. The number of hydrogen-bond acceptors (Lipinski definition) is 6. The Balaban J connectivity index is 0.911. The van der Waals surface area contributed by atoms with Crippen LogP contribution in [0.25, 0.3) is 0 Å². The van der Waals surface area contributed by atoms with E-state index in [1.807, 2.05) is 121 Å². The normalized spacial score (nSPS) is 23.9. The minimum Gasteiger partial charge on any atom is -0.462 e. The van der Waals surface area contributed by atoms with Gasteiger partial charge in [0.05, 0.1) is 12.6 Å². The van der Waals surface area contributed by atoms with E-state index < -0.39 is 17.6 Å².